The fraction of sp³-hybridized carbons (Fsp3) is 0.303. The van der Waals surface area contributed by atoms with Gasteiger partial charge >= 0.3 is 0 Å². The lowest BCUT2D eigenvalue weighted by Crippen LogP contribution is -2.39. The molecule has 1 aromatic heterocycles. The lowest BCUT2D eigenvalue weighted by molar-refractivity contribution is -0.117. The Morgan fingerprint density at radius 2 is 1.60 bits per heavy atom. The van der Waals surface area contributed by atoms with E-state index < -0.39 is 0 Å². The van der Waals surface area contributed by atoms with Gasteiger partial charge in [0.25, 0.3) is 5.91 Å². The van der Waals surface area contributed by atoms with E-state index in [-0.39, 0.29) is 18.4 Å². The van der Waals surface area contributed by atoms with Gasteiger partial charge in [-0.25, -0.2) is 4.68 Å². The molecule has 3 aromatic carbocycles. The molecule has 208 valence electrons. The topological polar surface area (TPSA) is 76.5 Å². The van der Waals surface area contributed by atoms with Gasteiger partial charge in [0, 0.05) is 23.7 Å². The third kappa shape index (κ3) is 7.59. The summed E-state index contributed by atoms with van der Waals surface area (Å²) in [6, 6.07) is 26.8. The molecule has 7 nitrogen and oxygen atoms in total. The van der Waals surface area contributed by atoms with Crippen LogP contribution in [-0.2, 0) is 4.79 Å². The van der Waals surface area contributed by atoms with Crippen LogP contribution in [0.5, 0.6) is 5.75 Å². The molecule has 7 heteroatoms. The lowest BCUT2D eigenvalue weighted by atomic mass is 10.1. The summed E-state index contributed by atoms with van der Waals surface area (Å²) in [4.78, 5) is 28.4. The van der Waals surface area contributed by atoms with Crippen LogP contribution < -0.4 is 10.1 Å². The van der Waals surface area contributed by atoms with Crippen LogP contribution in [0.1, 0.15) is 55.5 Å². The molecule has 0 atom stereocenters. The SMILES string of the molecule is CCCCOc1ccc(C(=O)N(CCCC)CC(=O)Nc2cc(-c3ccccc3)nn2-c2ccc(C)cc2)cc1. The predicted octanol–water partition coefficient (Wildman–Crippen LogP) is 6.91. The number of carbonyl (C=O) groups is 2. The standard InChI is InChI=1S/C33H38N4O3/c1-4-6-21-36(33(39)27-15-19-29(20-16-27)40-22-7-5-2)24-32(38)34-31-23-30(26-11-9-8-10-12-26)35-37(31)28-17-13-25(3)14-18-28/h8-20,23H,4-7,21-22,24H2,1-3H3,(H,34,38). The van der Waals surface area contributed by atoms with Crippen molar-refractivity contribution < 1.29 is 14.3 Å². The molecule has 0 fully saturated rings. The Balaban J connectivity index is 1.52. The smallest absolute Gasteiger partial charge is 0.254 e. The first-order chi connectivity index (χ1) is 19.5. The summed E-state index contributed by atoms with van der Waals surface area (Å²) in [7, 11) is 0. The summed E-state index contributed by atoms with van der Waals surface area (Å²) in [5, 5.41) is 7.80. The minimum Gasteiger partial charge on any atom is -0.494 e. The van der Waals surface area contributed by atoms with E-state index in [2.05, 4.69) is 19.2 Å². The molecule has 0 saturated heterocycles. The van der Waals surface area contributed by atoms with Crippen molar-refractivity contribution in [2.24, 2.45) is 0 Å². The number of rotatable bonds is 13. The highest BCUT2D eigenvalue weighted by Gasteiger charge is 2.21. The van der Waals surface area contributed by atoms with E-state index in [0.29, 0.717) is 24.5 Å². The number of hydrogen-bond donors (Lipinski definition) is 1. The van der Waals surface area contributed by atoms with Crippen LogP contribution in [0.15, 0.2) is 84.9 Å². The fourth-order valence-electron chi connectivity index (χ4n) is 4.27. The van der Waals surface area contributed by atoms with Gasteiger partial charge in [0.15, 0.2) is 0 Å². The number of benzene rings is 3. The summed E-state index contributed by atoms with van der Waals surface area (Å²) < 4.78 is 7.46. The quantitative estimate of drug-likeness (QED) is 0.188. The molecular weight excluding hydrogens is 500 g/mol. The molecule has 0 aliphatic rings. The first-order valence-electron chi connectivity index (χ1n) is 14.0. The average Bonchev–Trinajstić information content (AvgIpc) is 3.39. The lowest BCUT2D eigenvalue weighted by Gasteiger charge is -2.22. The third-order valence-electron chi connectivity index (χ3n) is 6.60. The van der Waals surface area contributed by atoms with Gasteiger partial charge in [0.2, 0.25) is 5.91 Å². The molecule has 0 spiro atoms. The maximum absolute atomic E-state index is 13.4. The van der Waals surface area contributed by atoms with Crippen LogP contribution >= 0.6 is 0 Å². The summed E-state index contributed by atoms with van der Waals surface area (Å²) in [5.41, 5.74) is 4.20. The van der Waals surface area contributed by atoms with Crippen molar-refractivity contribution in [1.29, 1.82) is 0 Å². The van der Waals surface area contributed by atoms with Gasteiger partial charge in [-0.1, -0.05) is 74.7 Å². The Morgan fingerprint density at radius 3 is 2.27 bits per heavy atom. The van der Waals surface area contributed by atoms with E-state index >= 15 is 0 Å². The number of aryl methyl sites for hydroxylation is 1. The van der Waals surface area contributed by atoms with Crippen LogP contribution in [0.4, 0.5) is 5.82 Å². The fourth-order valence-corrected chi connectivity index (χ4v) is 4.27. The average molecular weight is 539 g/mol. The van der Waals surface area contributed by atoms with Crippen LogP contribution in [0.2, 0.25) is 0 Å². The number of unbranched alkanes of at least 4 members (excludes halogenated alkanes) is 2. The minimum atomic E-state index is -0.281. The molecule has 4 aromatic rings. The second-order valence-corrected chi connectivity index (χ2v) is 9.88. The Hall–Kier alpha value is -4.39. The van der Waals surface area contributed by atoms with Gasteiger partial charge in [0.05, 0.1) is 18.0 Å². The van der Waals surface area contributed by atoms with Crippen LogP contribution in [0.3, 0.4) is 0 Å². The molecule has 0 radical (unpaired) electrons. The summed E-state index contributed by atoms with van der Waals surface area (Å²) >= 11 is 0. The highest BCUT2D eigenvalue weighted by atomic mass is 16.5. The van der Waals surface area contributed by atoms with Crippen molar-refractivity contribution in [2.75, 3.05) is 25.0 Å². The molecule has 0 unspecified atom stereocenters. The second kappa shape index (κ2) is 14.1. The third-order valence-corrected chi connectivity index (χ3v) is 6.60. The number of aromatic nitrogens is 2. The zero-order valence-electron chi connectivity index (χ0n) is 23.6. The normalized spacial score (nSPS) is 10.8. The van der Waals surface area contributed by atoms with Crippen molar-refractivity contribution in [1.82, 2.24) is 14.7 Å². The van der Waals surface area contributed by atoms with Gasteiger partial charge in [-0.05, 0) is 56.2 Å². The van der Waals surface area contributed by atoms with Gasteiger partial charge < -0.3 is 15.0 Å². The molecular formula is C33H38N4O3. The number of amides is 2. The highest BCUT2D eigenvalue weighted by molar-refractivity contribution is 5.99. The predicted molar refractivity (Wildman–Crippen MR) is 160 cm³/mol. The number of anilines is 1. The van der Waals surface area contributed by atoms with E-state index in [4.69, 9.17) is 9.84 Å². The summed E-state index contributed by atoms with van der Waals surface area (Å²) in [5.74, 6) is 0.822. The van der Waals surface area contributed by atoms with E-state index in [1.54, 1.807) is 21.7 Å². The van der Waals surface area contributed by atoms with Crippen LogP contribution in [0.25, 0.3) is 16.9 Å². The number of carbonyl (C=O) groups excluding carboxylic acids is 2. The highest BCUT2D eigenvalue weighted by Crippen LogP contribution is 2.25. The molecule has 1 heterocycles. The van der Waals surface area contributed by atoms with Crippen molar-refractivity contribution >= 4 is 17.6 Å². The Bertz CT molecular complexity index is 1380. The Labute approximate surface area is 236 Å². The summed E-state index contributed by atoms with van der Waals surface area (Å²) in [6.07, 6.45) is 3.76. The first kappa shape index (κ1) is 28.6. The molecule has 1 N–H and O–H groups in total. The monoisotopic (exact) mass is 538 g/mol. The Kier molecular flexibility index (Phi) is 10.1. The van der Waals surface area contributed by atoms with Crippen LogP contribution in [0, 0.1) is 6.92 Å². The molecule has 0 saturated carbocycles. The molecule has 2 amide bonds. The van der Waals surface area contributed by atoms with E-state index in [9.17, 15) is 9.59 Å². The number of hydrogen-bond acceptors (Lipinski definition) is 4. The zero-order chi connectivity index (χ0) is 28.3. The summed E-state index contributed by atoms with van der Waals surface area (Å²) in [6.45, 7) is 7.29. The van der Waals surface area contributed by atoms with E-state index in [1.807, 2.05) is 79.7 Å². The van der Waals surface area contributed by atoms with Crippen molar-refractivity contribution in [2.45, 2.75) is 46.5 Å². The maximum atomic E-state index is 13.4. The largest absolute Gasteiger partial charge is 0.494 e. The van der Waals surface area contributed by atoms with Gasteiger partial charge in [-0.2, -0.15) is 5.10 Å². The zero-order valence-corrected chi connectivity index (χ0v) is 23.6. The van der Waals surface area contributed by atoms with E-state index in [1.165, 1.54) is 0 Å². The first-order valence-corrected chi connectivity index (χ1v) is 14.0. The van der Waals surface area contributed by atoms with Crippen molar-refractivity contribution in [3.8, 4) is 22.7 Å². The molecule has 0 aliphatic carbocycles. The van der Waals surface area contributed by atoms with Crippen LogP contribution in [-0.4, -0.2) is 46.2 Å². The molecule has 40 heavy (non-hydrogen) atoms. The van der Waals surface area contributed by atoms with Crippen molar-refractivity contribution in [3.05, 3.63) is 96.1 Å². The van der Waals surface area contributed by atoms with Gasteiger partial charge in [-0.3, -0.25) is 9.59 Å². The second-order valence-electron chi connectivity index (χ2n) is 9.88. The van der Waals surface area contributed by atoms with E-state index in [0.717, 1.165) is 53.9 Å². The van der Waals surface area contributed by atoms with Gasteiger partial charge in [0.1, 0.15) is 18.1 Å². The van der Waals surface area contributed by atoms with Gasteiger partial charge in [-0.15, -0.1) is 0 Å². The Morgan fingerprint density at radius 1 is 0.900 bits per heavy atom. The molecule has 0 bridgehead atoms. The van der Waals surface area contributed by atoms with Crippen molar-refractivity contribution in [3.63, 3.8) is 0 Å². The molecule has 0 aliphatic heterocycles. The number of ether oxygens (including phenoxy) is 1. The number of nitrogens with one attached hydrogen (secondary N) is 1. The maximum Gasteiger partial charge on any atom is 0.254 e. The minimum absolute atomic E-state index is 0.0622. The number of nitrogens with zero attached hydrogens (tertiary/aromatic N) is 3. The molecule has 4 rings (SSSR count).